The Hall–Kier alpha value is -0.580. The Morgan fingerprint density at radius 1 is 1.24 bits per heavy atom. The van der Waals surface area contributed by atoms with Gasteiger partial charge in [-0.2, -0.15) is 0 Å². The third-order valence-electron chi connectivity index (χ3n) is 4.72. The Morgan fingerprint density at radius 2 is 2.00 bits per heavy atom. The Balaban J connectivity index is 1.67. The van der Waals surface area contributed by atoms with Crippen LogP contribution in [0, 0.1) is 0 Å². The van der Waals surface area contributed by atoms with Gasteiger partial charge in [-0.25, -0.2) is 0 Å². The normalized spacial score (nSPS) is 24.8. The molecule has 0 bridgehead atoms. The van der Waals surface area contributed by atoms with Crippen LogP contribution in [0.5, 0.6) is 5.75 Å². The van der Waals surface area contributed by atoms with Gasteiger partial charge in [0, 0.05) is 29.0 Å². The summed E-state index contributed by atoms with van der Waals surface area (Å²) >= 11 is 3.53. The molecule has 3 rings (SSSR count). The summed E-state index contributed by atoms with van der Waals surface area (Å²) in [7, 11) is 0. The number of rotatable bonds is 3. The summed E-state index contributed by atoms with van der Waals surface area (Å²) in [4.78, 5) is 0. The van der Waals surface area contributed by atoms with E-state index < -0.39 is 5.60 Å². The maximum atomic E-state index is 10.8. The van der Waals surface area contributed by atoms with E-state index in [1.54, 1.807) is 0 Å². The van der Waals surface area contributed by atoms with Crippen molar-refractivity contribution in [1.29, 1.82) is 0 Å². The molecule has 4 heteroatoms. The first-order chi connectivity index (χ1) is 10.2. The molecule has 2 aliphatic rings. The molecule has 116 valence electrons. The molecule has 3 nitrogen and oxygen atoms in total. The van der Waals surface area contributed by atoms with Crippen LogP contribution >= 0.6 is 15.9 Å². The molecule has 1 aromatic rings. The highest BCUT2D eigenvalue weighted by molar-refractivity contribution is 9.10. The van der Waals surface area contributed by atoms with E-state index in [-0.39, 0.29) is 6.04 Å². The van der Waals surface area contributed by atoms with Gasteiger partial charge >= 0.3 is 0 Å². The van der Waals surface area contributed by atoms with E-state index in [4.69, 9.17) is 4.74 Å². The Morgan fingerprint density at radius 3 is 2.76 bits per heavy atom. The molecule has 2 N–H and O–H groups in total. The first-order valence-corrected chi connectivity index (χ1v) is 8.84. The van der Waals surface area contributed by atoms with Gasteiger partial charge < -0.3 is 15.2 Å². The van der Waals surface area contributed by atoms with Crippen molar-refractivity contribution in [2.75, 3.05) is 13.2 Å². The summed E-state index contributed by atoms with van der Waals surface area (Å²) < 4.78 is 6.80. The lowest BCUT2D eigenvalue weighted by atomic mass is 9.93. The molecule has 1 atom stereocenters. The minimum absolute atomic E-state index is 0.276. The maximum absolute atomic E-state index is 10.8. The first kappa shape index (κ1) is 15.3. The molecule has 0 spiro atoms. The molecule has 1 saturated carbocycles. The van der Waals surface area contributed by atoms with Crippen molar-refractivity contribution in [1.82, 2.24) is 5.32 Å². The largest absolute Gasteiger partial charge is 0.493 e. The predicted molar refractivity (Wildman–Crippen MR) is 87.6 cm³/mol. The van der Waals surface area contributed by atoms with E-state index in [9.17, 15) is 5.11 Å². The van der Waals surface area contributed by atoms with Crippen LogP contribution in [-0.4, -0.2) is 23.9 Å². The number of fused-ring (bicyclic) bond motifs is 1. The fourth-order valence-electron chi connectivity index (χ4n) is 3.45. The topological polar surface area (TPSA) is 41.5 Å². The third kappa shape index (κ3) is 3.79. The summed E-state index contributed by atoms with van der Waals surface area (Å²) in [5.74, 6) is 0.967. The Labute approximate surface area is 135 Å². The van der Waals surface area contributed by atoms with Crippen LogP contribution in [0.1, 0.15) is 56.6 Å². The second-order valence-electron chi connectivity index (χ2n) is 6.39. The molecule has 1 aliphatic heterocycles. The average molecular weight is 354 g/mol. The molecule has 0 saturated heterocycles. The molecule has 0 radical (unpaired) electrons. The first-order valence-electron chi connectivity index (χ1n) is 8.04. The van der Waals surface area contributed by atoms with Gasteiger partial charge in [0.05, 0.1) is 12.2 Å². The number of benzene rings is 1. The zero-order valence-corrected chi connectivity index (χ0v) is 14.0. The van der Waals surface area contributed by atoms with E-state index in [2.05, 4.69) is 27.3 Å². The number of halogens is 1. The van der Waals surface area contributed by atoms with Gasteiger partial charge in [-0.1, -0.05) is 41.6 Å². The molecule has 1 heterocycles. The third-order valence-corrected chi connectivity index (χ3v) is 5.22. The second kappa shape index (κ2) is 6.67. The van der Waals surface area contributed by atoms with Gasteiger partial charge in [-0.3, -0.25) is 0 Å². The van der Waals surface area contributed by atoms with Crippen LogP contribution in [0.15, 0.2) is 22.7 Å². The van der Waals surface area contributed by atoms with Crippen LogP contribution in [0.2, 0.25) is 0 Å². The van der Waals surface area contributed by atoms with Crippen molar-refractivity contribution < 1.29 is 9.84 Å². The van der Waals surface area contributed by atoms with Gasteiger partial charge in [-0.15, -0.1) is 0 Å². The maximum Gasteiger partial charge on any atom is 0.124 e. The molecule has 21 heavy (non-hydrogen) atoms. The summed E-state index contributed by atoms with van der Waals surface area (Å²) in [6.45, 7) is 1.42. The standard InChI is InChI=1S/C17H24BrNO2/c18-13-5-6-16-14(11-13)15(7-10-21-16)19-12-17(20)8-3-1-2-4-9-17/h5-6,11,15,19-20H,1-4,7-10,12H2. The monoisotopic (exact) mass is 353 g/mol. The van der Waals surface area contributed by atoms with Crippen molar-refractivity contribution in [3.8, 4) is 5.75 Å². The van der Waals surface area contributed by atoms with Crippen molar-refractivity contribution in [2.45, 2.75) is 56.6 Å². The van der Waals surface area contributed by atoms with Gasteiger partial charge in [-0.05, 0) is 31.0 Å². The highest BCUT2D eigenvalue weighted by Crippen LogP contribution is 2.35. The number of hydrogen-bond donors (Lipinski definition) is 2. The number of nitrogens with one attached hydrogen (secondary N) is 1. The van der Waals surface area contributed by atoms with E-state index in [0.717, 1.165) is 48.9 Å². The summed E-state index contributed by atoms with van der Waals surface area (Å²) in [5, 5.41) is 14.4. The lowest BCUT2D eigenvalue weighted by Gasteiger charge is -2.32. The fourth-order valence-corrected chi connectivity index (χ4v) is 3.83. The van der Waals surface area contributed by atoms with Crippen LogP contribution in [0.4, 0.5) is 0 Å². The van der Waals surface area contributed by atoms with Gasteiger partial charge in [0.2, 0.25) is 0 Å². The van der Waals surface area contributed by atoms with Gasteiger partial charge in [0.25, 0.3) is 0 Å². The number of hydrogen-bond acceptors (Lipinski definition) is 3. The Kier molecular flexibility index (Phi) is 4.87. The minimum atomic E-state index is -0.527. The highest BCUT2D eigenvalue weighted by atomic mass is 79.9. The lowest BCUT2D eigenvalue weighted by Crippen LogP contribution is -2.42. The van der Waals surface area contributed by atoms with Crippen molar-refractivity contribution >= 4 is 15.9 Å². The minimum Gasteiger partial charge on any atom is -0.493 e. The zero-order chi connectivity index (χ0) is 14.7. The molecule has 0 amide bonds. The smallest absolute Gasteiger partial charge is 0.124 e. The van der Waals surface area contributed by atoms with Gasteiger partial charge in [0.1, 0.15) is 5.75 Å². The average Bonchev–Trinajstić information content (AvgIpc) is 2.70. The van der Waals surface area contributed by atoms with E-state index in [1.807, 2.05) is 12.1 Å². The predicted octanol–water partition coefficient (Wildman–Crippen LogP) is 3.95. The molecule has 1 aliphatic carbocycles. The molecular weight excluding hydrogens is 330 g/mol. The van der Waals surface area contributed by atoms with E-state index in [1.165, 1.54) is 18.4 Å². The molecule has 1 aromatic carbocycles. The van der Waals surface area contributed by atoms with E-state index in [0.29, 0.717) is 6.54 Å². The SMILES string of the molecule is OC1(CNC2CCOc3ccc(Br)cc32)CCCCCC1. The molecule has 0 aromatic heterocycles. The Bertz CT molecular complexity index is 484. The summed E-state index contributed by atoms with van der Waals surface area (Å²) in [5.41, 5.74) is 0.675. The lowest BCUT2D eigenvalue weighted by molar-refractivity contribution is 0.0213. The quantitative estimate of drug-likeness (QED) is 0.808. The summed E-state index contributed by atoms with van der Waals surface area (Å²) in [6.07, 6.45) is 7.62. The molecule has 1 fully saturated rings. The van der Waals surface area contributed by atoms with Gasteiger partial charge in [0.15, 0.2) is 0 Å². The fraction of sp³-hybridized carbons (Fsp3) is 0.647. The van der Waals surface area contributed by atoms with Crippen molar-refractivity contribution in [3.05, 3.63) is 28.2 Å². The molecular formula is C17H24BrNO2. The zero-order valence-electron chi connectivity index (χ0n) is 12.4. The number of ether oxygens (including phenoxy) is 1. The van der Waals surface area contributed by atoms with Crippen molar-refractivity contribution in [3.63, 3.8) is 0 Å². The van der Waals surface area contributed by atoms with Crippen molar-refractivity contribution in [2.24, 2.45) is 0 Å². The second-order valence-corrected chi connectivity index (χ2v) is 7.31. The van der Waals surface area contributed by atoms with Crippen LogP contribution in [0.3, 0.4) is 0 Å². The molecule has 1 unspecified atom stereocenters. The highest BCUT2D eigenvalue weighted by Gasteiger charge is 2.30. The van der Waals surface area contributed by atoms with E-state index >= 15 is 0 Å². The van der Waals surface area contributed by atoms with Crippen LogP contribution in [-0.2, 0) is 0 Å². The van der Waals surface area contributed by atoms with Crippen LogP contribution < -0.4 is 10.1 Å². The number of aliphatic hydroxyl groups is 1. The van der Waals surface area contributed by atoms with Crippen LogP contribution in [0.25, 0.3) is 0 Å². The summed E-state index contributed by atoms with van der Waals surface area (Å²) in [6, 6.07) is 6.44.